The molecule has 1 amide bonds. The van der Waals surface area contributed by atoms with Crippen LogP contribution in [-0.4, -0.2) is 24.7 Å². The highest BCUT2D eigenvalue weighted by Gasteiger charge is 2.26. The number of ether oxygens (including phenoxy) is 1. The predicted octanol–water partition coefficient (Wildman–Crippen LogP) is 2.84. The lowest BCUT2D eigenvalue weighted by atomic mass is 10.1. The fraction of sp³-hybridized carbons (Fsp3) is 0.500. The molecule has 0 bridgehead atoms. The van der Waals surface area contributed by atoms with Gasteiger partial charge >= 0.3 is 6.18 Å². The smallest absolute Gasteiger partial charge is 0.389 e. The molecule has 1 atom stereocenters. The van der Waals surface area contributed by atoms with Crippen molar-refractivity contribution >= 4 is 11.6 Å². The van der Waals surface area contributed by atoms with Gasteiger partial charge in [0, 0.05) is 13.0 Å². The van der Waals surface area contributed by atoms with E-state index in [4.69, 9.17) is 4.74 Å². The minimum atomic E-state index is -4.11. The SMILES string of the molecule is C[C@H]1Oc2ccc(CNCCCC(F)(F)F)cc2NC1=O. The molecule has 1 aromatic carbocycles. The van der Waals surface area contributed by atoms with Crippen LogP contribution in [0.1, 0.15) is 25.3 Å². The molecule has 1 heterocycles. The molecular formula is C14H17F3N2O2. The molecule has 4 nitrogen and oxygen atoms in total. The number of benzene rings is 1. The summed E-state index contributed by atoms with van der Waals surface area (Å²) in [4.78, 5) is 11.5. The van der Waals surface area contributed by atoms with E-state index in [0.717, 1.165) is 5.56 Å². The first kappa shape index (κ1) is 15.6. The van der Waals surface area contributed by atoms with E-state index in [1.165, 1.54) is 0 Å². The van der Waals surface area contributed by atoms with Crippen LogP contribution < -0.4 is 15.4 Å². The molecule has 2 N–H and O–H groups in total. The van der Waals surface area contributed by atoms with Crippen molar-refractivity contribution in [1.82, 2.24) is 5.32 Å². The fourth-order valence-electron chi connectivity index (χ4n) is 2.01. The highest BCUT2D eigenvalue weighted by Crippen LogP contribution is 2.30. The summed E-state index contributed by atoms with van der Waals surface area (Å²) in [7, 11) is 0. The van der Waals surface area contributed by atoms with Gasteiger partial charge < -0.3 is 15.4 Å². The van der Waals surface area contributed by atoms with Gasteiger partial charge in [0.2, 0.25) is 0 Å². The van der Waals surface area contributed by atoms with Crippen LogP contribution in [0.4, 0.5) is 18.9 Å². The summed E-state index contributed by atoms with van der Waals surface area (Å²) in [5.74, 6) is 0.390. The van der Waals surface area contributed by atoms with E-state index in [0.29, 0.717) is 18.0 Å². The largest absolute Gasteiger partial charge is 0.479 e. The first-order chi connectivity index (χ1) is 9.85. The van der Waals surface area contributed by atoms with Gasteiger partial charge in [0.25, 0.3) is 5.91 Å². The van der Waals surface area contributed by atoms with Gasteiger partial charge in [-0.05, 0) is 37.6 Å². The van der Waals surface area contributed by atoms with Gasteiger partial charge in [-0.25, -0.2) is 0 Å². The summed E-state index contributed by atoms with van der Waals surface area (Å²) < 4.78 is 41.4. The van der Waals surface area contributed by atoms with Crippen LogP contribution in [0.15, 0.2) is 18.2 Å². The lowest BCUT2D eigenvalue weighted by molar-refractivity contribution is -0.135. The zero-order valence-corrected chi connectivity index (χ0v) is 11.6. The van der Waals surface area contributed by atoms with Crippen LogP contribution in [0.25, 0.3) is 0 Å². The number of nitrogens with one attached hydrogen (secondary N) is 2. The Hall–Kier alpha value is -1.76. The predicted molar refractivity (Wildman–Crippen MR) is 72.2 cm³/mol. The number of amides is 1. The highest BCUT2D eigenvalue weighted by atomic mass is 19.4. The van der Waals surface area contributed by atoms with Crippen LogP contribution in [0.2, 0.25) is 0 Å². The van der Waals surface area contributed by atoms with Crippen molar-refractivity contribution in [2.75, 3.05) is 11.9 Å². The third-order valence-corrected chi connectivity index (χ3v) is 3.12. The maximum atomic E-state index is 12.0. The Morgan fingerprint density at radius 1 is 1.38 bits per heavy atom. The molecule has 0 fully saturated rings. The Balaban J connectivity index is 1.83. The molecule has 1 aliphatic rings. The van der Waals surface area contributed by atoms with Gasteiger partial charge in [0.1, 0.15) is 5.75 Å². The summed E-state index contributed by atoms with van der Waals surface area (Å²) in [6, 6.07) is 5.33. The maximum absolute atomic E-state index is 12.0. The average molecular weight is 302 g/mol. The molecule has 0 spiro atoms. The Morgan fingerprint density at radius 2 is 2.14 bits per heavy atom. The standard InChI is InChI=1S/C14H17F3N2O2/c1-9-13(20)19-11-7-10(3-4-12(11)21-9)8-18-6-2-5-14(15,16)17/h3-4,7,9,18H,2,5-6,8H2,1H3,(H,19,20)/t9-/m1/s1. The summed E-state index contributed by atoms with van der Waals surface area (Å²) in [6.45, 7) is 2.39. The quantitative estimate of drug-likeness (QED) is 0.822. The summed E-state index contributed by atoms with van der Waals surface area (Å²) >= 11 is 0. The lowest BCUT2D eigenvalue weighted by Gasteiger charge is -2.23. The van der Waals surface area contributed by atoms with Gasteiger partial charge in [-0.3, -0.25) is 4.79 Å². The molecule has 1 aromatic rings. The molecular weight excluding hydrogens is 285 g/mol. The number of carbonyl (C=O) groups is 1. The van der Waals surface area contributed by atoms with Crippen molar-refractivity contribution < 1.29 is 22.7 Å². The summed E-state index contributed by atoms with van der Waals surface area (Å²) in [5.41, 5.74) is 1.46. The van der Waals surface area contributed by atoms with Crippen LogP contribution in [0.5, 0.6) is 5.75 Å². The molecule has 0 saturated carbocycles. The van der Waals surface area contributed by atoms with Gasteiger partial charge in [-0.2, -0.15) is 13.2 Å². The Labute approximate surface area is 120 Å². The molecule has 0 saturated heterocycles. The topological polar surface area (TPSA) is 50.4 Å². The molecule has 0 aromatic heterocycles. The average Bonchev–Trinajstić information content (AvgIpc) is 2.38. The molecule has 1 aliphatic heterocycles. The molecule has 0 unspecified atom stereocenters. The van der Waals surface area contributed by atoms with Crippen molar-refractivity contribution in [2.45, 2.75) is 38.6 Å². The Bertz CT molecular complexity index is 517. The van der Waals surface area contributed by atoms with Crippen LogP contribution in [0.3, 0.4) is 0 Å². The third-order valence-electron chi connectivity index (χ3n) is 3.12. The molecule has 116 valence electrons. The zero-order chi connectivity index (χ0) is 15.5. The summed E-state index contributed by atoms with van der Waals surface area (Å²) in [6.07, 6.45) is -5.37. The van der Waals surface area contributed by atoms with Crippen LogP contribution >= 0.6 is 0 Å². The van der Waals surface area contributed by atoms with E-state index >= 15 is 0 Å². The lowest BCUT2D eigenvalue weighted by Crippen LogP contribution is -2.34. The monoisotopic (exact) mass is 302 g/mol. The second-order valence-electron chi connectivity index (χ2n) is 4.98. The molecule has 0 radical (unpaired) electrons. The van der Waals surface area contributed by atoms with Crippen molar-refractivity contribution in [3.05, 3.63) is 23.8 Å². The minimum Gasteiger partial charge on any atom is -0.479 e. The number of rotatable bonds is 5. The molecule has 0 aliphatic carbocycles. The van der Waals surface area contributed by atoms with Gasteiger partial charge in [0.15, 0.2) is 6.10 Å². The minimum absolute atomic E-state index is 0.0474. The van der Waals surface area contributed by atoms with Crippen LogP contribution in [-0.2, 0) is 11.3 Å². The van der Waals surface area contributed by atoms with E-state index < -0.39 is 18.7 Å². The molecule has 7 heteroatoms. The van der Waals surface area contributed by atoms with Crippen molar-refractivity contribution in [3.8, 4) is 5.75 Å². The van der Waals surface area contributed by atoms with E-state index in [2.05, 4.69) is 10.6 Å². The van der Waals surface area contributed by atoms with E-state index in [1.807, 2.05) is 6.07 Å². The van der Waals surface area contributed by atoms with E-state index in [-0.39, 0.29) is 18.9 Å². The van der Waals surface area contributed by atoms with E-state index in [1.54, 1.807) is 19.1 Å². The number of fused-ring (bicyclic) bond motifs is 1. The number of carbonyl (C=O) groups excluding carboxylic acids is 1. The van der Waals surface area contributed by atoms with Gasteiger partial charge in [-0.1, -0.05) is 6.07 Å². The first-order valence-corrected chi connectivity index (χ1v) is 6.73. The fourth-order valence-corrected chi connectivity index (χ4v) is 2.01. The number of alkyl halides is 3. The van der Waals surface area contributed by atoms with E-state index in [9.17, 15) is 18.0 Å². The maximum Gasteiger partial charge on any atom is 0.389 e. The third kappa shape index (κ3) is 4.63. The molecule has 2 rings (SSSR count). The molecule has 21 heavy (non-hydrogen) atoms. The number of halogens is 3. The second-order valence-corrected chi connectivity index (χ2v) is 4.98. The van der Waals surface area contributed by atoms with Crippen molar-refractivity contribution in [2.24, 2.45) is 0 Å². The first-order valence-electron chi connectivity index (χ1n) is 6.73. The highest BCUT2D eigenvalue weighted by molar-refractivity contribution is 5.97. The van der Waals surface area contributed by atoms with Crippen molar-refractivity contribution in [3.63, 3.8) is 0 Å². The Kier molecular flexibility index (Phi) is 4.72. The number of hydrogen-bond acceptors (Lipinski definition) is 3. The van der Waals surface area contributed by atoms with Crippen LogP contribution in [0, 0.1) is 0 Å². The number of hydrogen-bond donors (Lipinski definition) is 2. The normalized spacial score (nSPS) is 17.9. The zero-order valence-electron chi connectivity index (χ0n) is 11.6. The van der Waals surface area contributed by atoms with Gasteiger partial charge in [-0.15, -0.1) is 0 Å². The second kappa shape index (κ2) is 6.34. The Morgan fingerprint density at radius 3 is 2.86 bits per heavy atom. The number of anilines is 1. The van der Waals surface area contributed by atoms with Crippen molar-refractivity contribution in [1.29, 1.82) is 0 Å². The van der Waals surface area contributed by atoms with Gasteiger partial charge in [0.05, 0.1) is 5.69 Å². The summed E-state index contributed by atoms with van der Waals surface area (Å²) in [5, 5.41) is 5.68.